The molecule has 1 unspecified atom stereocenters. The molecule has 11 heteroatoms. The highest BCUT2D eigenvalue weighted by molar-refractivity contribution is 9.10. The zero-order valence-electron chi connectivity index (χ0n) is 24.7. The number of esters is 1. The Morgan fingerprint density at radius 1 is 1.14 bits per heavy atom. The molecule has 2 aromatic carbocycles. The number of pyridine rings is 1. The first-order valence-corrected chi connectivity index (χ1v) is 16.8. The number of ether oxygens (including phenoxy) is 2. The van der Waals surface area contributed by atoms with E-state index in [0.717, 1.165) is 30.5 Å². The fourth-order valence-electron chi connectivity index (χ4n) is 5.44. The predicted octanol–water partition coefficient (Wildman–Crippen LogP) is 5.64. The Kier molecular flexibility index (Phi) is 10.8. The van der Waals surface area contributed by atoms with E-state index in [0.29, 0.717) is 23.1 Å². The summed E-state index contributed by atoms with van der Waals surface area (Å²) in [6.07, 6.45) is 6.84. The van der Waals surface area contributed by atoms with Gasteiger partial charge in [-0.1, -0.05) is 51.0 Å². The van der Waals surface area contributed by atoms with Crippen LogP contribution in [0.3, 0.4) is 0 Å². The minimum Gasteiger partial charge on any atom is -0.483 e. The SMILES string of the molecule is CCCCC1(CC)CN(c2ccccc2)c2cc(Br)c(OCC(=O)N[C@H](Cc3cccnc3)C(=O)OC)cc2S(=O)(=O)C1. The van der Waals surface area contributed by atoms with E-state index >= 15 is 0 Å². The molecule has 1 amide bonds. The Labute approximate surface area is 262 Å². The van der Waals surface area contributed by atoms with Crippen LogP contribution < -0.4 is 15.0 Å². The van der Waals surface area contributed by atoms with Crippen LogP contribution in [0.25, 0.3) is 0 Å². The molecule has 0 bridgehead atoms. The first kappa shape index (κ1) is 32.5. The second kappa shape index (κ2) is 14.4. The maximum absolute atomic E-state index is 14.0. The summed E-state index contributed by atoms with van der Waals surface area (Å²) < 4.78 is 39.2. The number of anilines is 2. The van der Waals surface area contributed by atoms with Gasteiger partial charge < -0.3 is 19.7 Å². The van der Waals surface area contributed by atoms with Crippen molar-refractivity contribution in [2.75, 3.05) is 30.9 Å². The van der Waals surface area contributed by atoms with Crippen LogP contribution in [0, 0.1) is 5.41 Å². The molecule has 0 radical (unpaired) electrons. The summed E-state index contributed by atoms with van der Waals surface area (Å²) in [6.45, 7) is 4.29. The first-order chi connectivity index (χ1) is 20.6. The number of nitrogens with one attached hydrogen (secondary N) is 1. The molecule has 0 fully saturated rings. The number of unbranched alkanes of at least 4 members (excludes halogenated alkanes) is 1. The summed E-state index contributed by atoms with van der Waals surface area (Å²) in [7, 11) is -2.47. The van der Waals surface area contributed by atoms with Crippen molar-refractivity contribution in [2.24, 2.45) is 5.41 Å². The zero-order chi connectivity index (χ0) is 31.0. The molecule has 2 atom stereocenters. The summed E-state index contributed by atoms with van der Waals surface area (Å²) in [4.78, 5) is 31.5. The molecular formula is C32H38BrN3O6S. The summed E-state index contributed by atoms with van der Waals surface area (Å²) in [5.74, 6) is -0.925. The lowest BCUT2D eigenvalue weighted by Gasteiger charge is -2.36. The van der Waals surface area contributed by atoms with Crippen molar-refractivity contribution in [3.05, 3.63) is 77.0 Å². The number of halogens is 1. The Morgan fingerprint density at radius 3 is 2.56 bits per heavy atom. The normalized spacial score (nSPS) is 18.2. The Bertz CT molecular complexity index is 1520. The van der Waals surface area contributed by atoms with Crippen molar-refractivity contribution in [3.8, 4) is 5.75 Å². The largest absolute Gasteiger partial charge is 0.483 e. The molecular weight excluding hydrogens is 634 g/mol. The molecule has 3 aromatic rings. The molecule has 4 rings (SSSR count). The van der Waals surface area contributed by atoms with E-state index in [1.807, 2.05) is 30.3 Å². The number of methoxy groups -OCH3 is 1. The number of aromatic nitrogens is 1. The number of rotatable bonds is 12. The third kappa shape index (κ3) is 7.94. The molecule has 0 spiro atoms. The van der Waals surface area contributed by atoms with E-state index in [-0.39, 0.29) is 22.8 Å². The average molecular weight is 673 g/mol. The molecule has 1 aliphatic rings. The number of amides is 1. The summed E-state index contributed by atoms with van der Waals surface area (Å²) in [6, 6.07) is 15.6. The molecule has 0 saturated heterocycles. The second-order valence-electron chi connectivity index (χ2n) is 10.9. The van der Waals surface area contributed by atoms with Crippen LogP contribution in [0.15, 0.2) is 76.4 Å². The van der Waals surface area contributed by atoms with E-state index in [1.54, 1.807) is 30.6 Å². The molecule has 2 heterocycles. The van der Waals surface area contributed by atoms with Crippen molar-refractivity contribution in [3.63, 3.8) is 0 Å². The van der Waals surface area contributed by atoms with E-state index in [1.165, 1.54) is 13.2 Å². The van der Waals surface area contributed by atoms with Crippen LogP contribution in [0.5, 0.6) is 5.75 Å². The Morgan fingerprint density at radius 2 is 1.91 bits per heavy atom. The highest BCUT2D eigenvalue weighted by Crippen LogP contribution is 2.46. The lowest BCUT2D eigenvalue weighted by atomic mass is 9.81. The number of nitrogens with zero attached hydrogens (tertiary/aromatic N) is 2. The number of benzene rings is 2. The molecule has 9 nitrogen and oxygen atoms in total. The molecule has 1 aliphatic heterocycles. The molecule has 1 aromatic heterocycles. The van der Waals surface area contributed by atoms with Gasteiger partial charge in [0.1, 0.15) is 11.8 Å². The maximum Gasteiger partial charge on any atom is 0.328 e. The molecule has 0 aliphatic carbocycles. The molecule has 43 heavy (non-hydrogen) atoms. The van der Waals surface area contributed by atoms with Crippen LogP contribution in [-0.4, -0.2) is 57.3 Å². The highest BCUT2D eigenvalue weighted by Gasteiger charge is 2.42. The maximum atomic E-state index is 14.0. The summed E-state index contributed by atoms with van der Waals surface area (Å²) >= 11 is 3.55. The van der Waals surface area contributed by atoms with Crippen LogP contribution >= 0.6 is 15.9 Å². The van der Waals surface area contributed by atoms with Gasteiger partial charge in [-0.05, 0) is 58.6 Å². The third-order valence-electron chi connectivity index (χ3n) is 7.85. The molecule has 1 N–H and O–H groups in total. The Balaban J connectivity index is 1.62. The number of hydrogen-bond acceptors (Lipinski definition) is 8. The van der Waals surface area contributed by atoms with Gasteiger partial charge in [0.05, 0.1) is 27.9 Å². The monoisotopic (exact) mass is 671 g/mol. The number of fused-ring (bicyclic) bond motifs is 1. The lowest BCUT2D eigenvalue weighted by molar-refractivity contribution is -0.145. The number of hydrogen-bond donors (Lipinski definition) is 1. The van der Waals surface area contributed by atoms with Crippen LogP contribution in [0.4, 0.5) is 11.4 Å². The molecule has 230 valence electrons. The van der Waals surface area contributed by atoms with E-state index in [2.05, 4.69) is 45.0 Å². The first-order valence-electron chi connectivity index (χ1n) is 14.4. The summed E-state index contributed by atoms with van der Waals surface area (Å²) in [5.41, 5.74) is 1.78. The van der Waals surface area contributed by atoms with Crippen LogP contribution in [0.2, 0.25) is 0 Å². The molecule has 0 saturated carbocycles. The lowest BCUT2D eigenvalue weighted by Crippen LogP contribution is -2.45. The van der Waals surface area contributed by atoms with Gasteiger partial charge in [-0.25, -0.2) is 13.2 Å². The quantitative estimate of drug-likeness (QED) is 0.246. The van der Waals surface area contributed by atoms with Crippen molar-refractivity contribution >= 4 is 49.0 Å². The van der Waals surface area contributed by atoms with Crippen molar-refractivity contribution in [1.82, 2.24) is 10.3 Å². The fourth-order valence-corrected chi connectivity index (χ4v) is 8.06. The van der Waals surface area contributed by atoms with Crippen LogP contribution in [-0.2, 0) is 30.6 Å². The third-order valence-corrected chi connectivity index (χ3v) is 10.5. The van der Waals surface area contributed by atoms with Gasteiger partial charge in [-0.15, -0.1) is 0 Å². The van der Waals surface area contributed by atoms with E-state index in [9.17, 15) is 18.0 Å². The van der Waals surface area contributed by atoms with Crippen molar-refractivity contribution < 1.29 is 27.5 Å². The van der Waals surface area contributed by atoms with E-state index in [4.69, 9.17) is 9.47 Å². The topological polar surface area (TPSA) is 115 Å². The van der Waals surface area contributed by atoms with Crippen molar-refractivity contribution in [1.29, 1.82) is 0 Å². The number of para-hydroxylation sites is 1. The second-order valence-corrected chi connectivity index (χ2v) is 13.7. The van der Waals surface area contributed by atoms with Gasteiger partial charge >= 0.3 is 5.97 Å². The highest BCUT2D eigenvalue weighted by atomic mass is 79.9. The number of sulfone groups is 1. The van der Waals surface area contributed by atoms with Gasteiger partial charge in [-0.3, -0.25) is 9.78 Å². The van der Waals surface area contributed by atoms with Gasteiger partial charge in [0.15, 0.2) is 16.4 Å². The smallest absolute Gasteiger partial charge is 0.328 e. The standard InChI is InChI=1S/C32H38BrN3O6S/c1-4-6-14-32(5-2)21-36(24-12-8-7-9-13-24)27-17-25(33)28(18-29(27)43(39,40)22-32)42-20-30(37)35-26(31(38)41-3)16-23-11-10-15-34-19-23/h7-13,15,17-19,26H,4-6,14,16,20-22H2,1-3H3,(H,35,37)/t26-,32?/m1/s1. The Hall–Kier alpha value is -3.44. The zero-order valence-corrected chi connectivity index (χ0v) is 27.1. The average Bonchev–Trinajstić information content (AvgIpc) is 3.10. The van der Waals surface area contributed by atoms with Crippen LogP contribution in [0.1, 0.15) is 45.1 Å². The fraction of sp³-hybridized carbons (Fsp3) is 0.406. The van der Waals surface area contributed by atoms with Gasteiger partial charge in [0.25, 0.3) is 5.91 Å². The van der Waals surface area contributed by atoms with Gasteiger partial charge in [0, 0.05) is 42.5 Å². The minimum absolute atomic E-state index is 0.0174. The summed E-state index contributed by atoms with van der Waals surface area (Å²) in [5, 5.41) is 2.65. The van der Waals surface area contributed by atoms with Gasteiger partial charge in [-0.2, -0.15) is 0 Å². The number of carbonyl (C=O) groups excluding carboxylic acids is 2. The van der Waals surface area contributed by atoms with E-state index < -0.39 is 39.8 Å². The minimum atomic E-state index is -3.73. The van der Waals surface area contributed by atoms with Gasteiger partial charge in [0.2, 0.25) is 0 Å². The van der Waals surface area contributed by atoms with Crippen molar-refractivity contribution in [2.45, 2.75) is 56.9 Å². The predicted molar refractivity (Wildman–Crippen MR) is 169 cm³/mol. The number of carbonyl (C=O) groups is 2.